The average Bonchev–Trinajstić information content (AvgIpc) is 3.40. The number of aromatic nitrogens is 1. The molecule has 218 valence electrons. The summed E-state index contributed by atoms with van der Waals surface area (Å²) in [6, 6.07) is 32.0. The SMILES string of the molecule is COc1ccc(/C=c2/sc3n(c2=O)C(N)=C(C(=O)c2ccccc2)[C@H](c2ccc(OC)cc2)C=3C(=O)c2ccccc2)cc1. The first kappa shape index (κ1) is 28.6. The van der Waals surface area contributed by atoms with Gasteiger partial charge in [-0.15, -0.1) is 11.3 Å². The number of carbonyl (C=O) groups is 2. The van der Waals surface area contributed by atoms with Gasteiger partial charge in [0, 0.05) is 22.6 Å². The maximum Gasteiger partial charge on any atom is 0.274 e. The maximum absolute atomic E-state index is 14.5. The smallest absolute Gasteiger partial charge is 0.274 e. The lowest BCUT2D eigenvalue weighted by molar-refractivity contribution is 0.102. The molecule has 2 N–H and O–H groups in total. The number of hydrogen-bond donors (Lipinski definition) is 1. The Balaban J connectivity index is 1.70. The molecule has 1 aliphatic rings. The highest BCUT2D eigenvalue weighted by molar-refractivity contribution is 7.07. The zero-order valence-electron chi connectivity index (χ0n) is 24.0. The van der Waals surface area contributed by atoms with Crippen molar-refractivity contribution in [3.8, 4) is 11.5 Å². The third-order valence-corrected chi connectivity index (χ3v) is 8.68. The number of allylic oxidation sites excluding steroid dienone is 1. The van der Waals surface area contributed by atoms with Crippen molar-refractivity contribution in [2.24, 2.45) is 5.73 Å². The van der Waals surface area contributed by atoms with E-state index in [-0.39, 0.29) is 23.0 Å². The fourth-order valence-corrected chi connectivity index (χ4v) is 6.54. The molecule has 0 bridgehead atoms. The molecule has 0 fully saturated rings. The number of methoxy groups -OCH3 is 2. The van der Waals surface area contributed by atoms with Crippen LogP contribution in [0.15, 0.2) is 120 Å². The van der Waals surface area contributed by atoms with Crippen LogP contribution >= 0.6 is 11.3 Å². The Morgan fingerprint density at radius 3 is 1.75 bits per heavy atom. The van der Waals surface area contributed by atoms with Gasteiger partial charge >= 0.3 is 0 Å². The number of rotatable bonds is 8. The van der Waals surface area contributed by atoms with E-state index in [9.17, 15) is 14.4 Å². The topological polar surface area (TPSA) is 101 Å². The first-order valence-corrected chi connectivity index (χ1v) is 14.7. The monoisotopic (exact) mass is 600 g/mol. The fourth-order valence-electron chi connectivity index (χ4n) is 5.36. The predicted molar refractivity (Wildman–Crippen MR) is 172 cm³/mol. The van der Waals surface area contributed by atoms with E-state index in [1.807, 2.05) is 36.4 Å². The molecule has 4 aromatic carbocycles. The summed E-state index contributed by atoms with van der Waals surface area (Å²) >= 11 is 1.17. The molecule has 8 heteroatoms. The second-order valence-electron chi connectivity index (χ2n) is 10.1. The van der Waals surface area contributed by atoms with Gasteiger partial charge in [0.2, 0.25) is 0 Å². The summed E-state index contributed by atoms with van der Waals surface area (Å²) in [6.45, 7) is 0. The van der Waals surface area contributed by atoms with Crippen LogP contribution in [0.3, 0.4) is 0 Å². The molecule has 7 nitrogen and oxygen atoms in total. The molecular formula is C36H28N2O5S. The maximum atomic E-state index is 14.5. The summed E-state index contributed by atoms with van der Waals surface area (Å²) in [5.41, 5.74) is 9.11. The minimum atomic E-state index is -0.854. The Labute approximate surface area is 257 Å². The molecule has 1 aliphatic heterocycles. The van der Waals surface area contributed by atoms with Gasteiger partial charge in [0.15, 0.2) is 11.6 Å². The van der Waals surface area contributed by atoms with Crippen molar-refractivity contribution in [1.29, 1.82) is 0 Å². The average molecular weight is 601 g/mol. The van der Waals surface area contributed by atoms with E-state index in [0.717, 1.165) is 5.56 Å². The van der Waals surface area contributed by atoms with Crippen LogP contribution in [0.4, 0.5) is 0 Å². The lowest BCUT2D eigenvalue weighted by Crippen LogP contribution is -2.41. The molecular weight excluding hydrogens is 572 g/mol. The highest BCUT2D eigenvalue weighted by atomic mass is 32.1. The fraction of sp³-hybridized carbons (Fsp3) is 0.0833. The molecule has 0 spiro atoms. The third kappa shape index (κ3) is 5.16. The Morgan fingerprint density at radius 2 is 1.23 bits per heavy atom. The molecule has 0 radical (unpaired) electrons. The van der Waals surface area contributed by atoms with Gasteiger partial charge in [0.05, 0.1) is 24.3 Å². The van der Waals surface area contributed by atoms with Crippen molar-refractivity contribution in [2.75, 3.05) is 14.2 Å². The Hall–Kier alpha value is -5.47. The molecule has 6 rings (SSSR count). The van der Waals surface area contributed by atoms with Crippen LogP contribution in [0.25, 0.3) is 17.5 Å². The molecule has 1 atom stereocenters. The number of carbonyl (C=O) groups excluding carboxylic acids is 2. The first-order valence-electron chi connectivity index (χ1n) is 13.9. The second-order valence-corrected chi connectivity index (χ2v) is 11.2. The number of ketones is 2. The largest absolute Gasteiger partial charge is 0.497 e. The normalized spacial score (nSPS) is 14.7. The number of benzene rings is 4. The summed E-state index contributed by atoms with van der Waals surface area (Å²) in [6.07, 6.45) is 1.75. The van der Waals surface area contributed by atoms with E-state index in [2.05, 4.69) is 0 Å². The predicted octanol–water partition coefficient (Wildman–Crippen LogP) is 4.60. The quantitative estimate of drug-likeness (QED) is 0.262. The van der Waals surface area contributed by atoms with Crippen molar-refractivity contribution in [3.63, 3.8) is 0 Å². The lowest BCUT2D eigenvalue weighted by atomic mass is 9.77. The number of thiazole rings is 1. The van der Waals surface area contributed by atoms with Crippen LogP contribution in [-0.4, -0.2) is 30.4 Å². The zero-order valence-corrected chi connectivity index (χ0v) is 24.8. The molecule has 0 aliphatic carbocycles. The molecule has 0 saturated heterocycles. The second kappa shape index (κ2) is 12.0. The van der Waals surface area contributed by atoms with E-state index in [4.69, 9.17) is 15.2 Å². The molecule has 44 heavy (non-hydrogen) atoms. The van der Waals surface area contributed by atoms with Gasteiger partial charge in [0.25, 0.3) is 5.56 Å². The van der Waals surface area contributed by atoms with E-state index < -0.39 is 11.5 Å². The summed E-state index contributed by atoms with van der Waals surface area (Å²) < 4.78 is 12.7. The molecule has 0 unspecified atom stereocenters. The van der Waals surface area contributed by atoms with Crippen LogP contribution in [0.2, 0.25) is 0 Å². The van der Waals surface area contributed by atoms with Crippen LogP contribution in [0.1, 0.15) is 37.8 Å². The molecule has 0 saturated carbocycles. The summed E-state index contributed by atoms with van der Waals surface area (Å²) in [7, 11) is 3.15. The molecule has 0 amide bonds. The zero-order chi connectivity index (χ0) is 30.8. The van der Waals surface area contributed by atoms with Crippen molar-refractivity contribution < 1.29 is 19.1 Å². The van der Waals surface area contributed by atoms with Gasteiger partial charge < -0.3 is 15.2 Å². The first-order chi connectivity index (χ1) is 21.4. The third-order valence-electron chi connectivity index (χ3n) is 7.57. The molecule has 5 aromatic rings. The number of hydrogen-bond acceptors (Lipinski definition) is 7. The van der Waals surface area contributed by atoms with E-state index in [1.54, 1.807) is 93.1 Å². The van der Waals surface area contributed by atoms with E-state index in [1.165, 1.54) is 15.9 Å². The van der Waals surface area contributed by atoms with Crippen LogP contribution in [0, 0.1) is 0 Å². The minimum Gasteiger partial charge on any atom is -0.497 e. The van der Waals surface area contributed by atoms with Gasteiger partial charge in [-0.25, -0.2) is 0 Å². The van der Waals surface area contributed by atoms with Crippen LogP contribution < -0.4 is 30.0 Å². The van der Waals surface area contributed by atoms with E-state index in [0.29, 0.717) is 43.0 Å². The van der Waals surface area contributed by atoms with Crippen molar-refractivity contribution >= 4 is 40.4 Å². The number of nitrogens with zero attached hydrogens (tertiary/aromatic N) is 1. The Kier molecular flexibility index (Phi) is 7.83. The van der Waals surface area contributed by atoms with Gasteiger partial charge in [0.1, 0.15) is 22.0 Å². The number of fused-ring (bicyclic) bond motifs is 1. The van der Waals surface area contributed by atoms with Crippen molar-refractivity contribution in [3.05, 3.63) is 157 Å². The Bertz CT molecular complexity index is 2080. The minimum absolute atomic E-state index is 0.00471. The lowest BCUT2D eigenvalue weighted by Gasteiger charge is -2.28. The highest BCUT2D eigenvalue weighted by Crippen LogP contribution is 2.40. The summed E-state index contributed by atoms with van der Waals surface area (Å²) in [5.74, 6) is -0.220. The summed E-state index contributed by atoms with van der Waals surface area (Å²) in [5, 5.41) is 0. The van der Waals surface area contributed by atoms with Gasteiger partial charge in [-0.05, 0) is 41.5 Å². The van der Waals surface area contributed by atoms with Crippen LogP contribution in [-0.2, 0) is 0 Å². The van der Waals surface area contributed by atoms with Gasteiger partial charge in [-0.2, -0.15) is 0 Å². The van der Waals surface area contributed by atoms with Gasteiger partial charge in [-0.1, -0.05) is 84.9 Å². The molecule has 2 heterocycles. The summed E-state index contributed by atoms with van der Waals surface area (Å²) in [4.78, 5) is 42.8. The standard InChI is InChI=1S/C36H28N2O5S/c1-42-26-17-13-22(14-18-26)21-28-35(41)38-34(37)30(32(39)24-9-5-3-6-10-24)29(23-15-19-27(43-2)20-16-23)31(36(38)44-28)33(40)25-11-7-4-8-12-25/h3-21,29H,37H2,1-2H3/b28-21+/t29-/m0/s1. The van der Waals surface area contributed by atoms with E-state index >= 15 is 0 Å². The number of ether oxygens (including phenoxy) is 2. The number of nitrogens with two attached hydrogens (primary N) is 1. The highest BCUT2D eigenvalue weighted by Gasteiger charge is 2.39. The molecule has 1 aromatic heterocycles. The number of Topliss-reactive ketones (excluding diaryl/α,β-unsaturated/α-hetero) is 2. The van der Waals surface area contributed by atoms with Crippen LogP contribution in [0.5, 0.6) is 11.5 Å². The van der Waals surface area contributed by atoms with Crippen molar-refractivity contribution in [1.82, 2.24) is 4.57 Å². The van der Waals surface area contributed by atoms with Gasteiger partial charge in [-0.3, -0.25) is 19.0 Å². The van der Waals surface area contributed by atoms with Crippen molar-refractivity contribution in [2.45, 2.75) is 5.92 Å². The Morgan fingerprint density at radius 1 is 0.727 bits per heavy atom.